The molecule has 0 saturated heterocycles. The molecule has 0 fully saturated rings. The second kappa shape index (κ2) is 6.37. The molecule has 1 amide bonds. The number of carbonyl (C=O) groups excluding carboxylic acids is 1. The molecule has 5 nitrogen and oxygen atoms in total. The largest absolute Gasteiger partial charge is 0.360 e. The summed E-state index contributed by atoms with van der Waals surface area (Å²) in [6.45, 7) is 1.68. The molecule has 7 heteroatoms. The third-order valence-electron chi connectivity index (χ3n) is 4.17. The second-order valence-corrected chi connectivity index (χ2v) is 7.11. The summed E-state index contributed by atoms with van der Waals surface area (Å²) in [4.78, 5) is 24.2. The van der Waals surface area contributed by atoms with Gasteiger partial charge in [-0.1, -0.05) is 11.6 Å². The third kappa shape index (κ3) is 2.95. The molecule has 4 rings (SSSR count). The van der Waals surface area contributed by atoms with Crippen molar-refractivity contribution >= 4 is 45.6 Å². The van der Waals surface area contributed by atoms with E-state index in [1.54, 1.807) is 23.5 Å². The molecule has 1 aliphatic rings. The van der Waals surface area contributed by atoms with E-state index in [4.69, 9.17) is 11.6 Å². The number of amides is 1. The van der Waals surface area contributed by atoms with Gasteiger partial charge in [-0.2, -0.15) is 0 Å². The van der Waals surface area contributed by atoms with Gasteiger partial charge >= 0.3 is 0 Å². The van der Waals surface area contributed by atoms with Crippen LogP contribution in [0.1, 0.15) is 10.4 Å². The molecule has 1 aromatic carbocycles. The fraction of sp³-hybridized carbons (Fsp3) is 0.235. The number of thiophene rings is 1. The predicted octanol–water partition coefficient (Wildman–Crippen LogP) is 3.34. The molecular formula is C17H15ClN4OS. The van der Waals surface area contributed by atoms with E-state index in [0.29, 0.717) is 17.4 Å². The number of nitrogens with one attached hydrogen (secondary N) is 1. The van der Waals surface area contributed by atoms with Gasteiger partial charge in [0.05, 0.1) is 12.1 Å². The van der Waals surface area contributed by atoms with Crippen LogP contribution in [0.25, 0.3) is 10.9 Å². The Kier molecular flexibility index (Phi) is 4.08. The van der Waals surface area contributed by atoms with Crippen LogP contribution in [0, 0.1) is 0 Å². The molecule has 24 heavy (non-hydrogen) atoms. The summed E-state index contributed by atoms with van der Waals surface area (Å²) in [5, 5.41) is 6.71. The molecule has 0 radical (unpaired) electrons. The van der Waals surface area contributed by atoms with Gasteiger partial charge in [0.1, 0.15) is 12.1 Å². The number of benzene rings is 1. The number of fused-ring (bicyclic) bond motifs is 2. The number of aromatic nitrogens is 2. The molecule has 3 heterocycles. The van der Waals surface area contributed by atoms with Crippen molar-refractivity contribution < 1.29 is 4.79 Å². The van der Waals surface area contributed by atoms with Gasteiger partial charge in [0, 0.05) is 28.4 Å². The topological polar surface area (TPSA) is 58.1 Å². The van der Waals surface area contributed by atoms with E-state index in [1.807, 2.05) is 11.0 Å². The summed E-state index contributed by atoms with van der Waals surface area (Å²) in [7, 11) is 0. The highest BCUT2D eigenvalue weighted by atomic mass is 35.5. The zero-order valence-electron chi connectivity index (χ0n) is 12.8. The average Bonchev–Trinajstić information content (AvgIpc) is 3.06. The normalized spacial score (nSPS) is 13.8. The highest BCUT2D eigenvalue weighted by molar-refractivity contribution is 7.10. The Labute approximate surface area is 148 Å². The molecule has 0 spiro atoms. The summed E-state index contributed by atoms with van der Waals surface area (Å²) in [5.41, 5.74) is 2.02. The molecule has 0 bridgehead atoms. The first-order chi connectivity index (χ1) is 11.7. The van der Waals surface area contributed by atoms with Crippen molar-refractivity contribution in [3.8, 4) is 0 Å². The maximum absolute atomic E-state index is 12.5. The molecule has 0 aliphatic carbocycles. The molecule has 0 unspecified atom stereocenters. The highest BCUT2D eigenvalue weighted by Crippen LogP contribution is 2.25. The van der Waals surface area contributed by atoms with Gasteiger partial charge in [0.15, 0.2) is 0 Å². The summed E-state index contributed by atoms with van der Waals surface area (Å²) in [5.74, 6) is 0.728. The molecule has 1 N–H and O–H groups in total. The molecule has 2 aromatic heterocycles. The lowest BCUT2D eigenvalue weighted by Gasteiger charge is -2.27. The lowest BCUT2D eigenvalue weighted by Crippen LogP contribution is -2.38. The van der Waals surface area contributed by atoms with Crippen molar-refractivity contribution in [3.05, 3.63) is 51.4 Å². The zero-order chi connectivity index (χ0) is 16.5. The minimum atomic E-state index is 0.0765. The first-order valence-corrected chi connectivity index (χ1v) is 8.93. The fourth-order valence-corrected chi connectivity index (χ4v) is 3.96. The lowest BCUT2D eigenvalue weighted by molar-refractivity contribution is -0.130. The monoisotopic (exact) mass is 358 g/mol. The van der Waals surface area contributed by atoms with Crippen LogP contribution < -0.4 is 5.32 Å². The number of halogens is 1. The van der Waals surface area contributed by atoms with E-state index in [0.717, 1.165) is 23.9 Å². The minimum absolute atomic E-state index is 0.0765. The van der Waals surface area contributed by atoms with E-state index in [-0.39, 0.29) is 12.5 Å². The van der Waals surface area contributed by atoms with Gasteiger partial charge in [0.2, 0.25) is 5.91 Å². The molecular weight excluding hydrogens is 344 g/mol. The van der Waals surface area contributed by atoms with Crippen molar-refractivity contribution in [3.63, 3.8) is 0 Å². The van der Waals surface area contributed by atoms with Gasteiger partial charge in [-0.15, -0.1) is 11.3 Å². The fourth-order valence-electron chi connectivity index (χ4n) is 2.90. The van der Waals surface area contributed by atoms with Crippen LogP contribution >= 0.6 is 22.9 Å². The van der Waals surface area contributed by atoms with E-state index in [1.165, 1.54) is 16.8 Å². The van der Waals surface area contributed by atoms with Crippen LogP contribution in [-0.2, 0) is 17.8 Å². The Morgan fingerprint density at radius 1 is 1.33 bits per heavy atom. The third-order valence-corrected chi connectivity index (χ3v) is 5.42. The lowest BCUT2D eigenvalue weighted by atomic mass is 10.1. The number of carbonyl (C=O) groups is 1. The first-order valence-electron chi connectivity index (χ1n) is 7.68. The van der Waals surface area contributed by atoms with Gasteiger partial charge in [-0.3, -0.25) is 4.79 Å². The van der Waals surface area contributed by atoms with Gasteiger partial charge in [-0.25, -0.2) is 9.97 Å². The summed E-state index contributed by atoms with van der Waals surface area (Å²) in [6.07, 6.45) is 2.41. The van der Waals surface area contributed by atoms with Crippen molar-refractivity contribution in [2.24, 2.45) is 0 Å². The zero-order valence-corrected chi connectivity index (χ0v) is 14.4. The Balaban J connectivity index is 1.46. The Bertz CT molecular complexity index is 910. The van der Waals surface area contributed by atoms with Crippen LogP contribution in [0.15, 0.2) is 36.0 Å². The predicted molar refractivity (Wildman–Crippen MR) is 96.5 cm³/mol. The van der Waals surface area contributed by atoms with Gasteiger partial charge < -0.3 is 10.2 Å². The van der Waals surface area contributed by atoms with E-state index in [9.17, 15) is 4.79 Å². The number of rotatable bonds is 3. The van der Waals surface area contributed by atoms with Crippen LogP contribution in [0.3, 0.4) is 0 Å². The molecule has 0 saturated carbocycles. The van der Waals surface area contributed by atoms with Crippen molar-refractivity contribution in [2.45, 2.75) is 13.0 Å². The number of anilines is 1. The van der Waals surface area contributed by atoms with Crippen LogP contribution in [0.5, 0.6) is 0 Å². The van der Waals surface area contributed by atoms with Crippen LogP contribution in [-0.4, -0.2) is 33.9 Å². The average molecular weight is 359 g/mol. The summed E-state index contributed by atoms with van der Waals surface area (Å²) in [6, 6.07) is 7.55. The maximum Gasteiger partial charge on any atom is 0.242 e. The van der Waals surface area contributed by atoms with Crippen molar-refractivity contribution in [1.82, 2.24) is 14.9 Å². The Morgan fingerprint density at radius 2 is 2.25 bits per heavy atom. The van der Waals surface area contributed by atoms with Gasteiger partial charge in [-0.05, 0) is 41.6 Å². The van der Waals surface area contributed by atoms with Crippen molar-refractivity contribution in [2.75, 3.05) is 18.4 Å². The number of nitrogens with zero attached hydrogens (tertiary/aromatic N) is 3. The second-order valence-electron chi connectivity index (χ2n) is 5.67. The van der Waals surface area contributed by atoms with Crippen molar-refractivity contribution in [1.29, 1.82) is 0 Å². The SMILES string of the molecule is O=C(CNc1ncnc2cc(Cl)ccc12)N1CCc2sccc2C1. The van der Waals surface area contributed by atoms with E-state index in [2.05, 4.69) is 26.7 Å². The Morgan fingerprint density at radius 3 is 3.17 bits per heavy atom. The molecule has 0 atom stereocenters. The molecule has 3 aromatic rings. The van der Waals surface area contributed by atoms with Crippen LogP contribution in [0.2, 0.25) is 5.02 Å². The van der Waals surface area contributed by atoms with Gasteiger partial charge in [0.25, 0.3) is 0 Å². The highest BCUT2D eigenvalue weighted by Gasteiger charge is 2.21. The maximum atomic E-state index is 12.5. The summed E-state index contributed by atoms with van der Waals surface area (Å²) >= 11 is 7.76. The standard InChI is InChI=1S/C17H15ClN4OS/c18-12-1-2-13-14(7-12)20-10-21-17(13)19-8-16(23)22-5-3-15-11(9-22)4-6-24-15/h1-2,4,6-7,10H,3,5,8-9H2,(H,19,20,21). The van der Waals surface area contributed by atoms with Crippen LogP contribution in [0.4, 0.5) is 5.82 Å². The molecule has 122 valence electrons. The van der Waals surface area contributed by atoms with E-state index < -0.39 is 0 Å². The Hall–Kier alpha value is -2.18. The molecule has 1 aliphatic heterocycles. The smallest absolute Gasteiger partial charge is 0.242 e. The number of hydrogen-bond donors (Lipinski definition) is 1. The summed E-state index contributed by atoms with van der Waals surface area (Å²) < 4.78 is 0. The first kappa shape index (κ1) is 15.4. The van der Waals surface area contributed by atoms with E-state index >= 15 is 0 Å². The number of hydrogen-bond acceptors (Lipinski definition) is 5. The minimum Gasteiger partial charge on any atom is -0.360 e. The quantitative estimate of drug-likeness (QED) is 0.780.